The maximum absolute atomic E-state index is 12.5. The van der Waals surface area contributed by atoms with Crippen molar-refractivity contribution >= 4 is 0 Å². The van der Waals surface area contributed by atoms with Crippen LogP contribution in [0.25, 0.3) is 0 Å². The fraction of sp³-hybridized carbons (Fsp3) is 0.667. The summed E-state index contributed by atoms with van der Waals surface area (Å²) in [4.78, 5) is 0. The van der Waals surface area contributed by atoms with Gasteiger partial charge in [0.1, 0.15) is 0 Å². The molecular formula is C6H6F6. The first-order valence-corrected chi connectivity index (χ1v) is 2.90. The van der Waals surface area contributed by atoms with Crippen LogP contribution in [0.1, 0.15) is 6.42 Å². The zero-order valence-electron chi connectivity index (χ0n) is 5.84. The molecule has 0 aliphatic carbocycles. The summed E-state index contributed by atoms with van der Waals surface area (Å²) in [5.74, 6) is 0. The van der Waals surface area contributed by atoms with Crippen LogP contribution in [0.4, 0.5) is 26.3 Å². The first kappa shape index (κ1) is 11.3. The van der Waals surface area contributed by atoms with Gasteiger partial charge in [0.05, 0.1) is 0 Å². The SMILES string of the molecule is C=CCC(F)(C(F)F)C(F)(F)F. The molecule has 0 saturated carbocycles. The minimum atomic E-state index is -5.56. The molecule has 0 aromatic heterocycles. The van der Waals surface area contributed by atoms with E-state index in [1.807, 2.05) is 0 Å². The molecule has 0 radical (unpaired) electrons. The molecule has 1 atom stereocenters. The molecule has 0 nitrogen and oxygen atoms in total. The van der Waals surface area contributed by atoms with E-state index in [9.17, 15) is 26.3 Å². The second-order valence-corrected chi connectivity index (χ2v) is 2.15. The third-order valence-corrected chi connectivity index (χ3v) is 1.26. The summed E-state index contributed by atoms with van der Waals surface area (Å²) in [6.45, 7) is 2.77. The van der Waals surface area contributed by atoms with Crippen molar-refractivity contribution < 1.29 is 26.3 Å². The summed E-state index contributed by atoms with van der Waals surface area (Å²) in [5.41, 5.74) is -4.46. The monoisotopic (exact) mass is 192 g/mol. The molecular weight excluding hydrogens is 186 g/mol. The van der Waals surface area contributed by atoms with Crippen LogP contribution in [0, 0.1) is 0 Å². The van der Waals surface area contributed by atoms with Crippen LogP contribution in [0.2, 0.25) is 0 Å². The second kappa shape index (κ2) is 3.37. The standard InChI is InChI=1S/C6H6F6/c1-2-3-5(9,4(7)8)6(10,11)12/h2,4H,1,3H2. The van der Waals surface area contributed by atoms with Crippen molar-refractivity contribution in [2.24, 2.45) is 0 Å². The molecule has 6 heteroatoms. The van der Waals surface area contributed by atoms with Gasteiger partial charge >= 0.3 is 6.18 Å². The van der Waals surface area contributed by atoms with Gasteiger partial charge in [-0.3, -0.25) is 0 Å². The lowest BCUT2D eigenvalue weighted by Gasteiger charge is -2.25. The summed E-state index contributed by atoms with van der Waals surface area (Å²) in [7, 11) is 0. The molecule has 0 saturated heterocycles. The van der Waals surface area contributed by atoms with Crippen molar-refractivity contribution in [2.75, 3.05) is 0 Å². The number of rotatable bonds is 3. The molecule has 0 rings (SSSR count). The van der Waals surface area contributed by atoms with Gasteiger partial charge < -0.3 is 0 Å². The maximum Gasteiger partial charge on any atom is 0.428 e. The number of halogens is 6. The third kappa shape index (κ3) is 1.92. The van der Waals surface area contributed by atoms with Crippen LogP contribution in [0.5, 0.6) is 0 Å². The second-order valence-electron chi connectivity index (χ2n) is 2.15. The van der Waals surface area contributed by atoms with Gasteiger partial charge in [0.15, 0.2) is 0 Å². The van der Waals surface area contributed by atoms with E-state index in [-0.39, 0.29) is 0 Å². The van der Waals surface area contributed by atoms with Crippen LogP contribution in [0.3, 0.4) is 0 Å². The molecule has 0 N–H and O–H groups in total. The number of allylic oxidation sites excluding steroid dienone is 1. The molecule has 0 bridgehead atoms. The van der Waals surface area contributed by atoms with Gasteiger partial charge in [0.25, 0.3) is 12.1 Å². The van der Waals surface area contributed by atoms with Crippen LogP contribution in [-0.4, -0.2) is 18.3 Å². The smallest absolute Gasteiger partial charge is 0.227 e. The molecule has 0 amide bonds. The fourth-order valence-corrected chi connectivity index (χ4v) is 0.539. The number of hydrogen-bond acceptors (Lipinski definition) is 0. The van der Waals surface area contributed by atoms with Crippen molar-refractivity contribution in [1.82, 2.24) is 0 Å². The molecule has 0 spiro atoms. The largest absolute Gasteiger partial charge is 0.428 e. The molecule has 72 valence electrons. The Labute approximate surface area is 64.9 Å². The molecule has 1 unspecified atom stereocenters. The van der Waals surface area contributed by atoms with E-state index in [1.54, 1.807) is 0 Å². The Morgan fingerprint density at radius 3 is 1.67 bits per heavy atom. The van der Waals surface area contributed by atoms with Gasteiger partial charge in [-0.2, -0.15) is 13.2 Å². The predicted octanol–water partition coefficient (Wildman–Crippen LogP) is 3.10. The van der Waals surface area contributed by atoms with Crippen LogP contribution in [-0.2, 0) is 0 Å². The van der Waals surface area contributed by atoms with Gasteiger partial charge in [-0.25, -0.2) is 13.2 Å². The first-order valence-electron chi connectivity index (χ1n) is 2.90. The zero-order valence-corrected chi connectivity index (χ0v) is 5.84. The van der Waals surface area contributed by atoms with Crippen molar-refractivity contribution in [2.45, 2.75) is 24.7 Å². The molecule has 0 heterocycles. The average molecular weight is 192 g/mol. The Hall–Kier alpha value is -0.680. The number of hydrogen-bond donors (Lipinski definition) is 0. The van der Waals surface area contributed by atoms with Crippen molar-refractivity contribution in [3.63, 3.8) is 0 Å². The molecule has 0 fully saturated rings. The van der Waals surface area contributed by atoms with Gasteiger partial charge in [-0.15, -0.1) is 6.58 Å². The van der Waals surface area contributed by atoms with Crippen LogP contribution < -0.4 is 0 Å². The molecule has 0 aromatic rings. The topological polar surface area (TPSA) is 0 Å². The highest BCUT2D eigenvalue weighted by Crippen LogP contribution is 2.41. The third-order valence-electron chi connectivity index (χ3n) is 1.26. The van der Waals surface area contributed by atoms with E-state index >= 15 is 0 Å². The van der Waals surface area contributed by atoms with Gasteiger partial charge in [0.2, 0.25) is 0 Å². The Bertz CT molecular complexity index is 160. The van der Waals surface area contributed by atoms with E-state index in [4.69, 9.17) is 0 Å². The Morgan fingerprint density at radius 2 is 1.58 bits per heavy atom. The molecule has 0 aliphatic heterocycles. The lowest BCUT2D eigenvalue weighted by molar-refractivity contribution is -0.266. The maximum atomic E-state index is 12.5. The summed E-state index contributed by atoms with van der Waals surface area (Å²) < 4.78 is 70.6. The van der Waals surface area contributed by atoms with Crippen LogP contribution in [0.15, 0.2) is 12.7 Å². The van der Waals surface area contributed by atoms with Gasteiger partial charge in [-0.1, -0.05) is 6.08 Å². The summed E-state index contributed by atoms with van der Waals surface area (Å²) in [6.07, 6.45) is -10.6. The van der Waals surface area contributed by atoms with Crippen molar-refractivity contribution in [3.05, 3.63) is 12.7 Å². The van der Waals surface area contributed by atoms with E-state index in [1.165, 1.54) is 0 Å². The minimum Gasteiger partial charge on any atom is -0.227 e. The van der Waals surface area contributed by atoms with E-state index in [2.05, 4.69) is 6.58 Å². The summed E-state index contributed by atoms with van der Waals surface area (Å²) in [6, 6.07) is 0. The highest BCUT2D eigenvalue weighted by atomic mass is 19.4. The molecule has 0 aliphatic rings. The van der Waals surface area contributed by atoms with Crippen LogP contribution >= 0.6 is 0 Å². The first-order chi connectivity index (χ1) is 5.25. The van der Waals surface area contributed by atoms with Gasteiger partial charge in [0, 0.05) is 6.42 Å². The number of alkyl halides is 6. The fourth-order valence-electron chi connectivity index (χ4n) is 0.539. The minimum absolute atomic E-state index is 0.472. The van der Waals surface area contributed by atoms with Gasteiger partial charge in [-0.05, 0) is 0 Å². The normalized spacial score (nSPS) is 17.6. The highest BCUT2D eigenvalue weighted by molar-refractivity contribution is 4.95. The summed E-state index contributed by atoms with van der Waals surface area (Å²) >= 11 is 0. The Kier molecular flexibility index (Phi) is 3.17. The van der Waals surface area contributed by atoms with E-state index in [0.717, 1.165) is 0 Å². The lowest BCUT2D eigenvalue weighted by Crippen LogP contribution is -2.46. The average Bonchev–Trinajstić information content (AvgIpc) is 1.85. The van der Waals surface area contributed by atoms with Crippen molar-refractivity contribution in [1.29, 1.82) is 0 Å². The Balaban J connectivity index is 4.73. The molecule has 12 heavy (non-hydrogen) atoms. The van der Waals surface area contributed by atoms with Crippen molar-refractivity contribution in [3.8, 4) is 0 Å². The quantitative estimate of drug-likeness (QED) is 0.476. The van der Waals surface area contributed by atoms with E-state index < -0.39 is 24.7 Å². The summed E-state index contributed by atoms with van der Waals surface area (Å²) in [5, 5.41) is 0. The lowest BCUT2D eigenvalue weighted by atomic mass is 10.0. The Morgan fingerprint density at radius 1 is 1.17 bits per heavy atom. The molecule has 0 aromatic carbocycles. The van der Waals surface area contributed by atoms with E-state index in [0.29, 0.717) is 6.08 Å². The predicted molar refractivity (Wildman–Crippen MR) is 30.7 cm³/mol. The zero-order chi connectivity index (χ0) is 9.99. The highest BCUT2D eigenvalue weighted by Gasteiger charge is 2.61.